The molecule has 1 aromatic heterocycles. The number of carbonyl (C=O) groups excluding carboxylic acids is 1. The number of carbonyl (C=O) groups is 1. The van der Waals surface area contributed by atoms with E-state index in [4.69, 9.17) is 5.73 Å². The third kappa shape index (κ3) is 4.70. The quantitative estimate of drug-likeness (QED) is 0.626. The van der Waals surface area contributed by atoms with E-state index in [0.717, 1.165) is 17.7 Å². The van der Waals surface area contributed by atoms with Crippen molar-refractivity contribution < 1.29 is 4.79 Å². The normalized spacial score (nSPS) is 10.4. The summed E-state index contributed by atoms with van der Waals surface area (Å²) in [6.45, 7) is 0. The van der Waals surface area contributed by atoms with Crippen LogP contribution >= 0.6 is 11.8 Å². The predicted molar refractivity (Wildman–Crippen MR) is 83.8 cm³/mol. The molecule has 104 valence electrons. The number of pyridine rings is 1. The van der Waals surface area contributed by atoms with Crippen LogP contribution in [0.15, 0.2) is 53.7 Å². The number of hydrogen-bond donors (Lipinski definition) is 1. The van der Waals surface area contributed by atoms with Gasteiger partial charge in [0.05, 0.1) is 0 Å². The summed E-state index contributed by atoms with van der Waals surface area (Å²) in [6.07, 6.45) is 5.17. The largest absolute Gasteiger partial charge is 0.398 e. The number of nitrogen functional groups attached to an aromatic ring is 1. The third-order valence-corrected chi connectivity index (χ3v) is 4.04. The molecule has 2 N–H and O–H groups in total. The number of aromatic nitrogens is 1. The first-order valence-electron chi connectivity index (χ1n) is 6.63. The highest BCUT2D eigenvalue weighted by molar-refractivity contribution is 7.99. The second-order valence-corrected chi connectivity index (χ2v) is 5.72. The maximum absolute atomic E-state index is 11.9. The molecule has 20 heavy (non-hydrogen) atoms. The zero-order chi connectivity index (χ0) is 14.2. The number of anilines is 1. The summed E-state index contributed by atoms with van der Waals surface area (Å²) in [6, 6.07) is 12.0. The predicted octanol–water partition coefficient (Wildman–Crippen LogP) is 3.35. The van der Waals surface area contributed by atoms with Crippen LogP contribution in [0.1, 0.15) is 18.4 Å². The van der Waals surface area contributed by atoms with Crippen molar-refractivity contribution in [2.45, 2.75) is 24.2 Å². The van der Waals surface area contributed by atoms with E-state index < -0.39 is 0 Å². The summed E-state index contributed by atoms with van der Waals surface area (Å²) >= 11 is 1.78. The first-order chi connectivity index (χ1) is 9.75. The van der Waals surface area contributed by atoms with Crippen LogP contribution in [0.3, 0.4) is 0 Å². The number of Topliss-reactive ketones (excluding diaryl/α,β-unsaturated/α-hetero) is 1. The van der Waals surface area contributed by atoms with Crippen LogP contribution in [0.2, 0.25) is 0 Å². The molecule has 0 saturated heterocycles. The fourth-order valence-corrected chi connectivity index (χ4v) is 2.74. The van der Waals surface area contributed by atoms with E-state index in [1.54, 1.807) is 30.2 Å². The molecular formula is C16H18N2OS. The standard InChI is InChI=1S/C16H18N2OS/c17-16-8-9-18-12-13(16)11-14(19)5-4-10-20-15-6-2-1-3-7-15/h1-3,6-9,12H,4-5,10-11H2,(H2,17,18). The smallest absolute Gasteiger partial charge is 0.137 e. The first-order valence-corrected chi connectivity index (χ1v) is 7.62. The van der Waals surface area contributed by atoms with Gasteiger partial charge in [-0.25, -0.2) is 0 Å². The van der Waals surface area contributed by atoms with E-state index in [2.05, 4.69) is 17.1 Å². The molecule has 0 aliphatic carbocycles. The number of ketones is 1. The Morgan fingerprint density at radius 2 is 2.00 bits per heavy atom. The molecule has 4 heteroatoms. The van der Waals surface area contributed by atoms with Crippen molar-refractivity contribution >= 4 is 23.2 Å². The Morgan fingerprint density at radius 1 is 1.20 bits per heavy atom. The van der Waals surface area contributed by atoms with Gasteiger partial charge in [0.25, 0.3) is 0 Å². The summed E-state index contributed by atoms with van der Waals surface area (Å²) in [5.41, 5.74) is 7.28. The summed E-state index contributed by atoms with van der Waals surface area (Å²) in [7, 11) is 0. The molecule has 1 aromatic carbocycles. The van der Waals surface area contributed by atoms with Crippen LogP contribution in [-0.4, -0.2) is 16.5 Å². The Hall–Kier alpha value is -1.81. The Balaban J connectivity index is 1.69. The van der Waals surface area contributed by atoms with E-state index in [9.17, 15) is 4.79 Å². The number of benzene rings is 1. The average Bonchev–Trinajstić information content (AvgIpc) is 2.47. The lowest BCUT2D eigenvalue weighted by Crippen LogP contribution is -2.06. The number of hydrogen-bond acceptors (Lipinski definition) is 4. The first kappa shape index (κ1) is 14.6. The van der Waals surface area contributed by atoms with Crippen LogP contribution < -0.4 is 5.73 Å². The molecule has 2 aromatic rings. The molecule has 0 radical (unpaired) electrons. The minimum Gasteiger partial charge on any atom is -0.398 e. The van der Waals surface area contributed by atoms with Crippen LogP contribution in [0, 0.1) is 0 Å². The van der Waals surface area contributed by atoms with Crippen molar-refractivity contribution in [2.75, 3.05) is 11.5 Å². The van der Waals surface area contributed by atoms with E-state index >= 15 is 0 Å². The summed E-state index contributed by atoms with van der Waals surface area (Å²) in [4.78, 5) is 17.1. The van der Waals surface area contributed by atoms with Crippen molar-refractivity contribution in [1.82, 2.24) is 4.98 Å². The molecule has 0 saturated carbocycles. The topological polar surface area (TPSA) is 56.0 Å². The van der Waals surface area contributed by atoms with Crippen LogP contribution in [0.4, 0.5) is 5.69 Å². The third-order valence-electron chi connectivity index (χ3n) is 2.94. The van der Waals surface area contributed by atoms with Gasteiger partial charge < -0.3 is 5.73 Å². The molecule has 0 aliphatic heterocycles. The highest BCUT2D eigenvalue weighted by atomic mass is 32.2. The number of nitrogens with zero attached hydrogens (tertiary/aromatic N) is 1. The summed E-state index contributed by atoms with van der Waals surface area (Å²) in [5, 5.41) is 0. The lowest BCUT2D eigenvalue weighted by Gasteiger charge is -2.04. The fourth-order valence-electron chi connectivity index (χ4n) is 1.86. The van der Waals surface area contributed by atoms with Gasteiger partial charge in [-0.2, -0.15) is 0 Å². The lowest BCUT2D eigenvalue weighted by atomic mass is 10.1. The molecule has 0 aliphatic rings. The number of nitrogens with two attached hydrogens (primary N) is 1. The molecule has 0 fully saturated rings. The van der Waals surface area contributed by atoms with Gasteiger partial charge in [-0.15, -0.1) is 11.8 Å². The lowest BCUT2D eigenvalue weighted by molar-refractivity contribution is -0.118. The zero-order valence-corrected chi connectivity index (χ0v) is 12.1. The molecule has 1 heterocycles. The van der Waals surface area contributed by atoms with Crippen LogP contribution in [-0.2, 0) is 11.2 Å². The second-order valence-electron chi connectivity index (χ2n) is 4.56. The minimum absolute atomic E-state index is 0.221. The molecule has 3 nitrogen and oxygen atoms in total. The van der Waals surface area contributed by atoms with E-state index in [1.165, 1.54) is 4.90 Å². The molecule has 0 amide bonds. The van der Waals surface area contributed by atoms with Gasteiger partial charge in [0, 0.05) is 41.4 Å². The Labute approximate surface area is 123 Å². The van der Waals surface area contributed by atoms with Crippen molar-refractivity contribution in [3.8, 4) is 0 Å². The fraction of sp³-hybridized carbons (Fsp3) is 0.250. The van der Waals surface area contributed by atoms with Crippen molar-refractivity contribution in [2.24, 2.45) is 0 Å². The van der Waals surface area contributed by atoms with E-state index in [0.29, 0.717) is 18.5 Å². The monoisotopic (exact) mass is 286 g/mol. The van der Waals surface area contributed by atoms with Crippen molar-refractivity contribution in [3.63, 3.8) is 0 Å². The van der Waals surface area contributed by atoms with E-state index in [1.807, 2.05) is 18.2 Å². The number of rotatable bonds is 7. The molecular weight excluding hydrogens is 268 g/mol. The van der Waals surface area contributed by atoms with Gasteiger partial charge in [-0.1, -0.05) is 18.2 Å². The molecule has 0 bridgehead atoms. The van der Waals surface area contributed by atoms with Gasteiger partial charge in [-0.3, -0.25) is 9.78 Å². The van der Waals surface area contributed by atoms with Gasteiger partial charge in [0.1, 0.15) is 5.78 Å². The molecule has 0 atom stereocenters. The van der Waals surface area contributed by atoms with Gasteiger partial charge >= 0.3 is 0 Å². The SMILES string of the molecule is Nc1ccncc1CC(=O)CCCSc1ccccc1. The van der Waals surface area contributed by atoms with Crippen molar-refractivity contribution in [3.05, 3.63) is 54.4 Å². The highest BCUT2D eigenvalue weighted by Gasteiger charge is 2.06. The van der Waals surface area contributed by atoms with Crippen LogP contribution in [0.5, 0.6) is 0 Å². The summed E-state index contributed by atoms with van der Waals surface area (Å²) < 4.78 is 0. The molecule has 2 rings (SSSR count). The maximum atomic E-state index is 11.9. The highest BCUT2D eigenvalue weighted by Crippen LogP contribution is 2.19. The summed E-state index contributed by atoms with van der Waals surface area (Å²) in [5.74, 6) is 1.18. The number of thioether (sulfide) groups is 1. The Bertz CT molecular complexity index is 557. The van der Waals surface area contributed by atoms with E-state index in [-0.39, 0.29) is 5.78 Å². The Morgan fingerprint density at radius 3 is 2.75 bits per heavy atom. The zero-order valence-electron chi connectivity index (χ0n) is 11.3. The van der Waals surface area contributed by atoms with Gasteiger partial charge in [-0.05, 0) is 30.4 Å². The molecule has 0 unspecified atom stereocenters. The Kier molecular flexibility index (Phi) is 5.62. The second kappa shape index (κ2) is 7.70. The maximum Gasteiger partial charge on any atom is 0.137 e. The van der Waals surface area contributed by atoms with Crippen LogP contribution in [0.25, 0.3) is 0 Å². The average molecular weight is 286 g/mol. The van der Waals surface area contributed by atoms with Gasteiger partial charge in [0.15, 0.2) is 0 Å². The van der Waals surface area contributed by atoms with Crippen molar-refractivity contribution in [1.29, 1.82) is 0 Å². The minimum atomic E-state index is 0.221. The molecule has 0 spiro atoms. The van der Waals surface area contributed by atoms with Gasteiger partial charge in [0.2, 0.25) is 0 Å².